The van der Waals surface area contributed by atoms with E-state index in [9.17, 15) is 0 Å². The Kier molecular flexibility index (Phi) is 6.40. The van der Waals surface area contributed by atoms with Crippen LogP contribution in [-0.4, -0.2) is 0 Å². The van der Waals surface area contributed by atoms with Gasteiger partial charge in [-0.15, -0.1) is 0 Å². The molecule has 0 spiro atoms. The number of hydrogen-bond donors (Lipinski definition) is 0. The lowest BCUT2D eigenvalue weighted by Crippen LogP contribution is -2.33. The molecular weight excluding hydrogens is 324 g/mol. The third-order valence-corrected chi connectivity index (χ3v) is 6.24. The first-order valence-corrected chi connectivity index (χ1v) is 10.3. The molecule has 0 saturated heterocycles. The van der Waals surface area contributed by atoms with Gasteiger partial charge < -0.3 is 0 Å². The summed E-state index contributed by atoms with van der Waals surface area (Å²) in [5.74, 6) is 0. The van der Waals surface area contributed by atoms with Crippen molar-refractivity contribution < 1.29 is 0 Å². The van der Waals surface area contributed by atoms with E-state index in [1.54, 1.807) is 11.1 Å². The molecule has 0 aliphatic heterocycles. The van der Waals surface area contributed by atoms with Crippen molar-refractivity contribution in [2.45, 2.75) is 86.0 Å². The van der Waals surface area contributed by atoms with Gasteiger partial charge in [0.25, 0.3) is 0 Å². The standard InChI is InChI=1S/C15H22.C12H16/c1-11-6-7-12-13(10-11)15(4,5)9-8-14(12,2)3;1-9(2)11(4)12-7-5-10(3)6-8-12/h6-7,10H,8-9H2,1-5H3;5-8H,1-4H3. The molecule has 0 atom stereocenters. The highest BCUT2D eigenvalue weighted by Gasteiger charge is 2.36. The third-order valence-electron chi connectivity index (χ3n) is 6.24. The monoisotopic (exact) mass is 362 g/mol. The molecule has 0 unspecified atom stereocenters. The number of fused-ring (bicyclic) bond motifs is 1. The summed E-state index contributed by atoms with van der Waals surface area (Å²) in [5.41, 5.74) is 10.7. The van der Waals surface area contributed by atoms with Gasteiger partial charge in [-0.05, 0) is 80.6 Å². The minimum Gasteiger partial charge on any atom is -0.0729 e. The fraction of sp³-hybridized carbons (Fsp3) is 0.481. The van der Waals surface area contributed by atoms with Gasteiger partial charge in [-0.1, -0.05) is 86.9 Å². The molecule has 1 aliphatic rings. The summed E-state index contributed by atoms with van der Waals surface area (Å²) in [5, 5.41) is 0. The van der Waals surface area contributed by atoms with E-state index in [1.165, 1.54) is 40.7 Å². The van der Waals surface area contributed by atoms with E-state index >= 15 is 0 Å². The van der Waals surface area contributed by atoms with Crippen LogP contribution in [0.2, 0.25) is 0 Å². The number of aryl methyl sites for hydroxylation is 2. The van der Waals surface area contributed by atoms with Crippen LogP contribution in [-0.2, 0) is 10.8 Å². The average Bonchev–Trinajstić information content (AvgIpc) is 2.59. The van der Waals surface area contributed by atoms with Crippen LogP contribution in [0.4, 0.5) is 0 Å². The molecule has 1 aliphatic carbocycles. The summed E-state index contributed by atoms with van der Waals surface area (Å²) in [6, 6.07) is 15.6. The molecule has 0 amide bonds. The molecule has 27 heavy (non-hydrogen) atoms. The molecule has 0 saturated carbocycles. The van der Waals surface area contributed by atoms with Gasteiger partial charge in [-0.3, -0.25) is 0 Å². The Hall–Kier alpha value is -1.82. The van der Waals surface area contributed by atoms with Gasteiger partial charge in [0.2, 0.25) is 0 Å². The predicted octanol–water partition coefficient (Wildman–Crippen LogP) is 8.15. The van der Waals surface area contributed by atoms with Crippen LogP contribution in [0.3, 0.4) is 0 Å². The first-order valence-electron chi connectivity index (χ1n) is 10.3. The highest BCUT2D eigenvalue weighted by atomic mass is 14.4. The van der Waals surface area contributed by atoms with Crippen LogP contribution >= 0.6 is 0 Å². The van der Waals surface area contributed by atoms with E-state index in [0.717, 1.165) is 0 Å². The van der Waals surface area contributed by atoms with Gasteiger partial charge in [-0.25, -0.2) is 0 Å². The van der Waals surface area contributed by atoms with Crippen LogP contribution in [0.5, 0.6) is 0 Å². The maximum Gasteiger partial charge on any atom is -0.0100 e. The lowest BCUT2D eigenvalue weighted by atomic mass is 9.63. The molecule has 0 nitrogen and oxygen atoms in total. The second-order valence-corrected chi connectivity index (χ2v) is 9.81. The zero-order valence-corrected chi connectivity index (χ0v) is 19.0. The molecule has 3 rings (SSSR count). The minimum absolute atomic E-state index is 0.358. The lowest BCUT2D eigenvalue weighted by molar-refractivity contribution is 0.331. The van der Waals surface area contributed by atoms with Crippen LogP contribution in [0.25, 0.3) is 5.57 Å². The molecule has 0 N–H and O–H groups in total. The van der Waals surface area contributed by atoms with Crippen molar-refractivity contribution >= 4 is 5.57 Å². The second-order valence-electron chi connectivity index (χ2n) is 9.81. The van der Waals surface area contributed by atoms with Gasteiger partial charge in [0, 0.05) is 0 Å². The van der Waals surface area contributed by atoms with Gasteiger partial charge in [0.15, 0.2) is 0 Å². The summed E-state index contributed by atoms with van der Waals surface area (Å²) < 4.78 is 0. The van der Waals surface area contributed by atoms with Crippen LogP contribution < -0.4 is 0 Å². The van der Waals surface area contributed by atoms with Gasteiger partial charge in [-0.2, -0.15) is 0 Å². The Morgan fingerprint density at radius 3 is 1.67 bits per heavy atom. The van der Waals surface area contributed by atoms with E-state index in [2.05, 4.69) is 105 Å². The highest BCUT2D eigenvalue weighted by molar-refractivity contribution is 5.66. The van der Waals surface area contributed by atoms with E-state index in [0.29, 0.717) is 10.8 Å². The molecule has 2 aromatic rings. The van der Waals surface area contributed by atoms with Crippen molar-refractivity contribution in [2.24, 2.45) is 0 Å². The molecule has 0 fully saturated rings. The molecule has 0 heterocycles. The van der Waals surface area contributed by atoms with Crippen molar-refractivity contribution in [2.75, 3.05) is 0 Å². The van der Waals surface area contributed by atoms with E-state index in [-0.39, 0.29) is 0 Å². The van der Waals surface area contributed by atoms with Gasteiger partial charge in [0.05, 0.1) is 0 Å². The Morgan fingerprint density at radius 1 is 0.667 bits per heavy atom. The molecular formula is C27H38. The first kappa shape index (κ1) is 21.5. The maximum atomic E-state index is 2.39. The maximum absolute atomic E-state index is 2.39. The van der Waals surface area contributed by atoms with Crippen molar-refractivity contribution in [3.8, 4) is 0 Å². The summed E-state index contributed by atoms with van der Waals surface area (Å²) in [6.07, 6.45) is 2.60. The zero-order chi connectivity index (χ0) is 20.4. The topological polar surface area (TPSA) is 0 Å². The molecule has 2 aromatic carbocycles. The Labute approximate surface area is 167 Å². The summed E-state index contributed by atoms with van der Waals surface area (Å²) in [7, 11) is 0. The molecule has 0 heteroatoms. The highest BCUT2D eigenvalue weighted by Crippen LogP contribution is 2.45. The van der Waals surface area contributed by atoms with Crippen molar-refractivity contribution in [1.29, 1.82) is 0 Å². The smallest absolute Gasteiger partial charge is 0.0100 e. The summed E-state index contributed by atoms with van der Waals surface area (Å²) >= 11 is 0. The second kappa shape index (κ2) is 8.05. The fourth-order valence-corrected chi connectivity index (χ4v) is 3.79. The van der Waals surface area contributed by atoms with Crippen molar-refractivity contribution in [3.05, 3.63) is 75.9 Å². The van der Waals surface area contributed by atoms with Crippen molar-refractivity contribution in [3.63, 3.8) is 0 Å². The minimum atomic E-state index is 0.358. The van der Waals surface area contributed by atoms with Gasteiger partial charge in [0.1, 0.15) is 0 Å². The number of rotatable bonds is 1. The van der Waals surface area contributed by atoms with Crippen LogP contribution in [0.15, 0.2) is 48.0 Å². The lowest BCUT2D eigenvalue weighted by Gasteiger charge is -2.42. The quantitative estimate of drug-likeness (QED) is 0.480. The van der Waals surface area contributed by atoms with E-state index in [4.69, 9.17) is 0 Å². The largest absolute Gasteiger partial charge is 0.0729 e. The zero-order valence-electron chi connectivity index (χ0n) is 19.0. The Morgan fingerprint density at radius 2 is 1.15 bits per heavy atom. The fourth-order valence-electron chi connectivity index (χ4n) is 3.79. The molecule has 0 bridgehead atoms. The van der Waals surface area contributed by atoms with Crippen LogP contribution in [0.1, 0.15) is 89.1 Å². The normalized spacial score (nSPS) is 16.6. The SMILES string of the molecule is CC(C)=C(C)c1ccc(C)cc1.Cc1ccc2c(c1)C(C)(C)CCC2(C)C. The average molecular weight is 363 g/mol. The third kappa shape index (κ3) is 5.12. The summed E-state index contributed by atoms with van der Waals surface area (Å²) in [6.45, 7) is 20.3. The van der Waals surface area contributed by atoms with Gasteiger partial charge >= 0.3 is 0 Å². The van der Waals surface area contributed by atoms with Crippen molar-refractivity contribution in [1.82, 2.24) is 0 Å². The molecule has 0 radical (unpaired) electrons. The number of hydrogen-bond acceptors (Lipinski definition) is 0. The number of allylic oxidation sites excluding steroid dienone is 2. The van der Waals surface area contributed by atoms with E-state index < -0.39 is 0 Å². The number of benzene rings is 2. The Balaban J connectivity index is 0.000000199. The predicted molar refractivity (Wildman–Crippen MR) is 122 cm³/mol. The molecule has 0 aromatic heterocycles. The molecule has 146 valence electrons. The first-order chi connectivity index (χ1) is 12.4. The Bertz CT molecular complexity index is 810. The van der Waals surface area contributed by atoms with Crippen LogP contribution in [0, 0.1) is 13.8 Å². The summed E-state index contributed by atoms with van der Waals surface area (Å²) in [4.78, 5) is 0. The van der Waals surface area contributed by atoms with E-state index in [1.807, 2.05) is 0 Å².